The van der Waals surface area contributed by atoms with Crippen molar-refractivity contribution in [2.24, 2.45) is 0 Å². The Morgan fingerprint density at radius 1 is 1.25 bits per heavy atom. The number of halogens is 1. The highest BCUT2D eigenvalue weighted by Crippen LogP contribution is 2.35. The van der Waals surface area contributed by atoms with Crippen molar-refractivity contribution in [1.29, 1.82) is 0 Å². The van der Waals surface area contributed by atoms with E-state index in [-0.39, 0.29) is 22.2 Å². The molecular formula is C15H23ClN2O2. The van der Waals surface area contributed by atoms with Crippen molar-refractivity contribution in [3.63, 3.8) is 0 Å². The lowest BCUT2D eigenvalue weighted by atomic mass is 9.89. The highest BCUT2D eigenvalue weighted by Gasteiger charge is 2.32. The van der Waals surface area contributed by atoms with Gasteiger partial charge in [-0.25, -0.2) is 9.48 Å². The second-order valence-corrected chi connectivity index (χ2v) is 7.02. The van der Waals surface area contributed by atoms with Gasteiger partial charge in [0.1, 0.15) is 10.7 Å². The lowest BCUT2D eigenvalue weighted by molar-refractivity contribution is 0.0694. The summed E-state index contributed by atoms with van der Waals surface area (Å²) < 4.78 is 1.76. The molecular weight excluding hydrogens is 276 g/mol. The van der Waals surface area contributed by atoms with Crippen molar-refractivity contribution in [3.05, 3.63) is 16.4 Å². The van der Waals surface area contributed by atoms with Crippen molar-refractivity contribution in [2.45, 2.75) is 70.8 Å². The van der Waals surface area contributed by atoms with Crippen molar-refractivity contribution in [1.82, 2.24) is 9.78 Å². The van der Waals surface area contributed by atoms with Gasteiger partial charge in [0.15, 0.2) is 0 Å². The van der Waals surface area contributed by atoms with E-state index in [9.17, 15) is 9.90 Å². The number of aromatic nitrogens is 2. The van der Waals surface area contributed by atoms with E-state index in [0.717, 1.165) is 25.7 Å². The highest BCUT2D eigenvalue weighted by atomic mass is 35.5. The van der Waals surface area contributed by atoms with Gasteiger partial charge in [0, 0.05) is 5.41 Å². The number of carbonyl (C=O) groups is 1. The molecule has 1 fully saturated rings. The predicted octanol–water partition coefficient (Wildman–Crippen LogP) is 4.43. The molecule has 0 unspecified atom stereocenters. The molecule has 1 N–H and O–H groups in total. The van der Waals surface area contributed by atoms with Gasteiger partial charge in [-0.15, -0.1) is 0 Å². The van der Waals surface area contributed by atoms with Crippen molar-refractivity contribution < 1.29 is 9.90 Å². The maximum absolute atomic E-state index is 11.5. The summed E-state index contributed by atoms with van der Waals surface area (Å²) in [5, 5.41) is 14.3. The molecule has 112 valence electrons. The summed E-state index contributed by atoms with van der Waals surface area (Å²) in [5.41, 5.74) is 0.426. The summed E-state index contributed by atoms with van der Waals surface area (Å²) in [6.07, 6.45) is 6.87. The molecule has 0 amide bonds. The summed E-state index contributed by atoms with van der Waals surface area (Å²) >= 11 is 6.34. The van der Waals surface area contributed by atoms with Crippen LogP contribution in [0.3, 0.4) is 0 Å². The smallest absolute Gasteiger partial charge is 0.340 e. The third-order valence-corrected chi connectivity index (χ3v) is 4.31. The molecule has 0 bridgehead atoms. The second-order valence-electron chi connectivity index (χ2n) is 6.66. The van der Waals surface area contributed by atoms with Gasteiger partial charge in [0.05, 0.1) is 11.7 Å². The number of nitrogens with zero attached hydrogens (tertiary/aromatic N) is 2. The molecule has 1 aromatic heterocycles. The van der Waals surface area contributed by atoms with E-state index < -0.39 is 5.97 Å². The minimum Gasteiger partial charge on any atom is -0.478 e. The second kappa shape index (κ2) is 5.76. The molecule has 1 saturated carbocycles. The first-order valence-corrected chi connectivity index (χ1v) is 7.72. The Kier molecular flexibility index (Phi) is 4.43. The Morgan fingerprint density at radius 3 is 2.20 bits per heavy atom. The fraction of sp³-hybridized carbons (Fsp3) is 0.733. The zero-order chi connectivity index (χ0) is 14.9. The summed E-state index contributed by atoms with van der Waals surface area (Å²) in [6.45, 7) is 5.90. The summed E-state index contributed by atoms with van der Waals surface area (Å²) in [5.74, 6) is -0.986. The first-order valence-electron chi connectivity index (χ1n) is 7.34. The molecule has 1 heterocycles. The third-order valence-electron chi connectivity index (χ3n) is 3.95. The van der Waals surface area contributed by atoms with E-state index in [1.165, 1.54) is 12.8 Å². The van der Waals surface area contributed by atoms with Gasteiger partial charge in [-0.2, -0.15) is 5.10 Å². The fourth-order valence-corrected chi connectivity index (χ4v) is 3.22. The standard InChI is InChI=1S/C15H23ClN2O2/c1-15(2,3)12-11(14(19)20)13(16)18(17-12)10-8-6-4-5-7-9-10/h10H,4-9H2,1-3H3,(H,19,20). The molecule has 4 nitrogen and oxygen atoms in total. The Morgan fingerprint density at radius 2 is 1.80 bits per heavy atom. The SMILES string of the molecule is CC(C)(C)c1nn(C2CCCCCC2)c(Cl)c1C(=O)O. The zero-order valence-electron chi connectivity index (χ0n) is 12.4. The molecule has 5 heteroatoms. The number of hydrogen-bond donors (Lipinski definition) is 1. The van der Waals surface area contributed by atoms with Crippen LogP contribution in [0.5, 0.6) is 0 Å². The van der Waals surface area contributed by atoms with Gasteiger partial charge in [-0.3, -0.25) is 0 Å². The maximum Gasteiger partial charge on any atom is 0.340 e. The van der Waals surface area contributed by atoms with Crippen LogP contribution in [0.15, 0.2) is 0 Å². The minimum absolute atomic E-state index is 0.170. The molecule has 0 radical (unpaired) electrons. The fourth-order valence-electron chi connectivity index (χ4n) is 2.87. The van der Waals surface area contributed by atoms with Gasteiger partial charge in [-0.1, -0.05) is 58.1 Å². The molecule has 0 saturated heterocycles. The van der Waals surface area contributed by atoms with Crippen LogP contribution in [0.4, 0.5) is 0 Å². The molecule has 1 aliphatic carbocycles. The number of carboxylic acid groups (broad SMARTS) is 1. The van der Waals surface area contributed by atoms with Crippen LogP contribution in [0, 0.1) is 0 Å². The number of rotatable bonds is 2. The normalized spacial score (nSPS) is 18.0. The first-order chi connectivity index (χ1) is 9.32. The van der Waals surface area contributed by atoms with E-state index >= 15 is 0 Å². The van der Waals surface area contributed by atoms with Gasteiger partial charge < -0.3 is 5.11 Å². The van der Waals surface area contributed by atoms with Gasteiger partial charge in [0.2, 0.25) is 0 Å². The molecule has 20 heavy (non-hydrogen) atoms. The van der Waals surface area contributed by atoms with Crippen molar-refractivity contribution in [3.8, 4) is 0 Å². The van der Waals surface area contributed by atoms with E-state index in [4.69, 9.17) is 11.6 Å². The van der Waals surface area contributed by atoms with Gasteiger partial charge >= 0.3 is 5.97 Å². The Balaban J connectivity index is 2.46. The average Bonchev–Trinajstić information content (AvgIpc) is 2.54. The van der Waals surface area contributed by atoms with Crippen LogP contribution in [0.2, 0.25) is 5.15 Å². The van der Waals surface area contributed by atoms with Gasteiger partial charge in [-0.05, 0) is 12.8 Å². The van der Waals surface area contributed by atoms with Crippen molar-refractivity contribution >= 4 is 17.6 Å². The van der Waals surface area contributed by atoms with Gasteiger partial charge in [0.25, 0.3) is 0 Å². The minimum atomic E-state index is -0.986. The van der Waals surface area contributed by atoms with Crippen LogP contribution in [0.25, 0.3) is 0 Å². The topological polar surface area (TPSA) is 55.1 Å². The lowest BCUT2D eigenvalue weighted by Crippen LogP contribution is -2.17. The van der Waals surface area contributed by atoms with E-state index in [1.807, 2.05) is 20.8 Å². The molecule has 1 aromatic rings. The summed E-state index contributed by atoms with van der Waals surface area (Å²) in [6, 6.07) is 0.235. The van der Waals surface area contributed by atoms with E-state index in [1.54, 1.807) is 4.68 Å². The lowest BCUT2D eigenvalue weighted by Gasteiger charge is -2.17. The largest absolute Gasteiger partial charge is 0.478 e. The van der Waals surface area contributed by atoms with Crippen LogP contribution in [-0.4, -0.2) is 20.9 Å². The quantitative estimate of drug-likeness (QED) is 0.822. The molecule has 0 aromatic carbocycles. The number of aromatic carboxylic acids is 1. The van der Waals surface area contributed by atoms with Crippen LogP contribution in [0.1, 0.15) is 81.4 Å². The van der Waals surface area contributed by atoms with E-state index in [0.29, 0.717) is 5.69 Å². The van der Waals surface area contributed by atoms with Crippen LogP contribution < -0.4 is 0 Å². The molecule has 1 aliphatic rings. The predicted molar refractivity (Wildman–Crippen MR) is 79.6 cm³/mol. The summed E-state index contributed by atoms with van der Waals surface area (Å²) in [4.78, 5) is 11.5. The molecule has 2 rings (SSSR count). The Labute approximate surface area is 125 Å². The molecule has 0 atom stereocenters. The Hall–Kier alpha value is -1.03. The third kappa shape index (κ3) is 3.00. The van der Waals surface area contributed by atoms with Crippen LogP contribution >= 0.6 is 11.6 Å². The molecule has 0 aliphatic heterocycles. The first kappa shape index (κ1) is 15.4. The summed E-state index contributed by atoms with van der Waals surface area (Å²) in [7, 11) is 0. The zero-order valence-corrected chi connectivity index (χ0v) is 13.2. The highest BCUT2D eigenvalue weighted by molar-refractivity contribution is 6.32. The maximum atomic E-state index is 11.5. The number of carboxylic acids is 1. The Bertz CT molecular complexity index is 495. The van der Waals surface area contributed by atoms with Crippen molar-refractivity contribution in [2.75, 3.05) is 0 Å². The molecule has 0 spiro atoms. The van der Waals surface area contributed by atoms with E-state index in [2.05, 4.69) is 5.10 Å². The number of hydrogen-bond acceptors (Lipinski definition) is 2. The monoisotopic (exact) mass is 298 g/mol. The average molecular weight is 299 g/mol. The van der Waals surface area contributed by atoms with Crippen LogP contribution in [-0.2, 0) is 5.41 Å².